The topological polar surface area (TPSA) is 32.3 Å². The molecule has 4 nitrogen and oxygen atoms in total. The van der Waals surface area contributed by atoms with Crippen LogP contribution in [0.15, 0.2) is 126 Å². The minimum absolute atomic E-state index is 0.000311. The van der Waals surface area contributed by atoms with Crippen LogP contribution in [0.1, 0.15) is 25.8 Å². The van der Waals surface area contributed by atoms with E-state index >= 15 is 0 Å². The zero-order valence-corrected chi connectivity index (χ0v) is 22.5. The second-order valence-corrected chi connectivity index (χ2v) is 11.7. The van der Waals surface area contributed by atoms with Gasteiger partial charge >= 0.3 is 0 Å². The summed E-state index contributed by atoms with van der Waals surface area (Å²) in [6.45, 7) is 4.94. The first-order valence-corrected chi connectivity index (χ1v) is 14.1. The molecule has 0 saturated carbocycles. The van der Waals surface area contributed by atoms with Gasteiger partial charge in [0.05, 0.1) is 11.4 Å². The van der Waals surface area contributed by atoms with Gasteiger partial charge in [-0.3, -0.25) is 0 Å². The molecule has 0 radical (unpaired) electrons. The molecule has 0 saturated heterocycles. The average molecular weight is 517 g/mol. The number of para-hydroxylation sites is 2. The number of nitrogens with zero attached hydrogens (tertiary/aromatic N) is 4. The minimum atomic E-state index is -0.0608. The summed E-state index contributed by atoms with van der Waals surface area (Å²) in [6, 6.07) is 40.7. The van der Waals surface area contributed by atoms with Crippen molar-refractivity contribution in [1.82, 2.24) is 9.97 Å². The molecule has 0 fully saturated rings. The molecule has 4 aromatic carbocycles. The minimum Gasteiger partial charge on any atom is -0.301 e. The van der Waals surface area contributed by atoms with Crippen molar-refractivity contribution in [2.75, 3.05) is 9.80 Å². The molecule has 0 N–H and O–H groups in total. The molecule has 40 heavy (non-hydrogen) atoms. The van der Waals surface area contributed by atoms with Crippen LogP contribution in [0.2, 0.25) is 0 Å². The first kappa shape index (κ1) is 22.2. The molecule has 0 bridgehead atoms. The monoisotopic (exact) mass is 516 g/mol. The van der Waals surface area contributed by atoms with Gasteiger partial charge in [-0.2, -0.15) is 0 Å². The molecule has 4 aliphatic rings. The molecule has 3 atom stereocenters. The Balaban J connectivity index is 1.38. The molecule has 0 amide bonds. The summed E-state index contributed by atoms with van der Waals surface area (Å²) < 4.78 is 0. The highest BCUT2D eigenvalue weighted by atomic mass is 15.5. The molecule has 3 heterocycles. The normalized spacial score (nSPS) is 24.9. The van der Waals surface area contributed by atoms with E-state index in [9.17, 15) is 0 Å². The van der Waals surface area contributed by atoms with Gasteiger partial charge in [-0.1, -0.05) is 122 Å². The van der Waals surface area contributed by atoms with Gasteiger partial charge in [-0.15, -0.1) is 0 Å². The average Bonchev–Trinajstić information content (AvgIpc) is 3.73. The molecule has 192 valence electrons. The van der Waals surface area contributed by atoms with E-state index in [-0.39, 0.29) is 17.0 Å². The second-order valence-electron chi connectivity index (χ2n) is 11.7. The number of benzene rings is 4. The zero-order chi connectivity index (χ0) is 26.6. The Morgan fingerprint density at radius 3 is 1.75 bits per heavy atom. The van der Waals surface area contributed by atoms with Crippen LogP contribution < -0.4 is 9.80 Å². The summed E-state index contributed by atoms with van der Waals surface area (Å²) in [4.78, 5) is 16.0. The van der Waals surface area contributed by atoms with Gasteiger partial charge in [-0.05, 0) is 30.2 Å². The SMILES string of the molecule is CC12C3=C(C3)C1(C)C1N(c3ccccc3)c3nc(-c4ccccc4)c(-c4ccccc4)nc3N1c1ccccc12. The predicted octanol–water partition coefficient (Wildman–Crippen LogP) is 8.42. The van der Waals surface area contributed by atoms with E-state index in [1.165, 1.54) is 11.3 Å². The van der Waals surface area contributed by atoms with Crippen LogP contribution >= 0.6 is 0 Å². The lowest BCUT2D eigenvalue weighted by atomic mass is 9.51. The molecule has 4 heteroatoms. The Bertz CT molecular complexity index is 1860. The fourth-order valence-electron chi connectivity index (χ4n) is 7.92. The van der Waals surface area contributed by atoms with Crippen LogP contribution in [-0.4, -0.2) is 16.1 Å². The summed E-state index contributed by atoms with van der Waals surface area (Å²) in [6.07, 6.45) is 1.18. The number of fused-ring (bicyclic) bond motifs is 10. The largest absolute Gasteiger partial charge is 0.301 e. The number of hydrogen-bond donors (Lipinski definition) is 0. The third kappa shape index (κ3) is 2.52. The first-order chi connectivity index (χ1) is 19.6. The van der Waals surface area contributed by atoms with Crippen molar-refractivity contribution in [3.8, 4) is 22.5 Å². The van der Waals surface area contributed by atoms with E-state index in [1.807, 2.05) is 0 Å². The molecule has 0 spiro atoms. The lowest BCUT2D eigenvalue weighted by Gasteiger charge is -2.60. The highest BCUT2D eigenvalue weighted by Gasteiger charge is 2.75. The molecule has 9 rings (SSSR count). The Hall–Kier alpha value is -4.70. The van der Waals surface area contributed by atoms with Crippen molar-refractivity contribution in [3.63, 3.8) is 0 Å². The molecule has 3 unspecified atom stereocenters. The van der Waals surface area contributed by atoms with E-state index in [2.05, 4.69) is 139 Å². The zero-order valence-electron chi connectivity index (χ0n) is 22.5. The molecule has 1 aromatic heterocycles. The maximum atomic E-state index is 5.54. The fraction of sp³-hybridized carbons (Fsp3) is 0.167. The van der Waals surface area contributed by atoms with Gasteiger partial charge in [0, 0.05) is 33.3 Å². The van der Waals surface area contributed by atoms with Gasteiger partial charge in [0.25, 0.3) is 0 Å². The van der Waals surface area contributed by atoms with Crippen molar-refractivity contribution in [2.24, 2.45) is 5.41 Å². The third-order valence-electron chi connectivity index (χ3n) is 10.0. The van der Waals surface area contributed by atoms with Gasteiger partial charge in [0.2, 0.25) is 0 Å². The van der Waals surface area contributed by atoms with Crippen molar-refractivity contribution >= 4 is 23.0 Å². The van der Waals surface area contributed by atoms with E-state index in [4.69, 9.17) is 9.97 Å². The molecule has 5 aromatic rings. The van der Waals surface area contributed by atoms with E-state index in [0.29, 0.717) is 0 Å². The van der Waals surface area contributed by atoms with Crippen LogP contribution in [0.25, 0.3) is 22.5 Å². The summed E-state index contributed by atoms with van der Waals surface area (Å²) in [7, 11) is 0. The summed E-state index contributed by atoms with van der Waals surface area (Å²) in [5.41, 5.74) is 10.9. The fourth-order valence-corrected chi connectivity index (χ4v) is 7.92. The summed E-state index contributed by atoms with van der Waals surface area (Å²) in [5, 5.41) is 0. The van der Waals surface area contributed by atoms with Crippen molar-refractivity contribution in [2.45, 2.75) is 31.8 Å². The highest BCUT2D eigenvalue weighted by Crippen LogP contribution is 2.79. The van der Waals surface area contributed by atoms with Gasteiger partial charge in [0.15, 0.2) is 11.6 Å². The number of anilines is 4. The molecular formula is C36H28N4. The van der Waals surface area contributed by atoms with Crippen molar-refractivity contribution in [1.29, 1.82) is 0 Å². The van der Waals surface area contributed by atoms with Crippen LogP contribution in [0.3, 0.4) is 0 Å². The maximum Gasteiger partial charge on any atom is 0.179 e. The number of rotatable bonds is 3. The Morgan fingerprint density at radius 1 is 0.600 bits per heavy atom. The second kappa shape index (κ2) is 7.48. The maximum absolute atomic E-state index is 5.54. The number of hydrogen-bond acceptors (Lipinski definition) is 4. The Morgan fingerprint density at radius 2 is 1.12 bits per heavy atom. The molecular weight excluding hydrogens is 488 g/mol. The predicted molar refractivity (Wildman–Crippen MR) is 161 cm³/mol. The third-order valence-corrected chi connectivity index (χ3v) is 10.0. The van der Waals surface area contributed by atoms with Crippen LogP contribution in [0.4, 0.5) is 23.0 Å². The first-order valence-electron chi connectivity index (χ1n) is 14.1. The Kier molecular flexibility index (Phi) is 4.14. The highest BCUT2D eigenvalue weighted by molar-refractivity contribution is 5.93. The molecule has 2 aliphatic carbocycles. The van der Waals surface area contributed by atoms with E-state index in [0.717, 1.165) is 46.3 Å². The van der Waals surface area contributed by atoms with Gasteiger partial charge in [0.1, 0.15) is 6.17 Å². The van der Waals surface area contributed by atoms with Crippen LogP contribution in [0.5, 0.6) is 0 Å². The number of allylic oxidation sites excluding steroid dienone is 1. The van der Waals surface area contributed by atoms with Crippen LogP contribution in [0, 0.1) is 5.41 Å². The quantitative estimate of drug-likeness (QED) is 0.225. The van der Waals surface area contributed by atoms with E-state index < -0.39 is 0 Å². The lowest BCUT2D eigenvalue weighted by molar-refractivity contribution is 0.174. The van der Waals surface area contributed by atoms with Crippen molar-refractivity contribution < 1.29 is 0 Å². The lowest BCUT2D eigenvalue weighted by Crippen LogP contribution is -2.64. The standard InChI is InChI=1S/C36H28N4/c1-35-26-20-12-13-21-29(26)40-33-32(39(25-18-10-5-11-19-25)34(40)36(35,2)28-22-27(28)35)37-30(23-14-6-3-7-15-23)31(38-33)24-16-8-4-9-17-24/h3-21,34H,22H2,1-2H3. The van der Waals surface area contributed by atoms with Crippen LogP contribution in [-0.2, 0) is 5.41 Å². The van der Waals surface area contributed by atoms with Gasteiger partial charge in [-0.25, -0.2) is 9.97 Å². The molecule has 2 aliphatic heterocycles. The van der Waals surface area contributed by atoms with Gasteiger partial charge < -0.3 is 9.80 Å². The number of aromatic nitrogens is 2. The summed E-state index contributed by atoms with van der Waals surface area (Å²) in [5.74, 6) is 1.85. The Labute approximate surface area is 234 Å². The van der Waals surface area contributed by atoms with E-state index in [1.54, 1.807) is 11.1 Å². The van der Waals surface area contributed by atoms with Crippen molar-refractivity contribution in [3.05, 3.63) is 132 Å². The summed E-state index contributed by atoms with van der Waals surface area (Å²) >= 11 is 0. The smallest absolute Gasteiger partial charge is 0.179 e.